The van der Waals surface area contributed by atoms with E-state index < -0.39 is 0 Å². The van der Waals surface area contributed by atoms with Gasteiger partial charge in [0.05, 0.1) is 18.2 Å². The van der Waals surface area contributed by atoms with E-state index in [-0.39, 0.29) is 24.0 Å². The average molecular weight is 464 g/mol. The van der Waals surface area contributed by atoms with Crippen molar-refractivity contribution in [3.05, 3.63) is 94.4 Å². The number of hydrogen-bond acceptors (Lipinski definition) is 5. The van der Waals surface area contributed by atoms with E-state index in [0.717, 1.165) is 16.8 Å². The molecule has 0 aliphatic carbocycles. The number of nitrogens with zero attached hydrogens (tertiary/aromatic N) is 3. The fourth-order valence-electron chi connectivity index (χ4n) is 3.59. The summed E-state index contributed by atoms with van der Waals surface area (Å²) in [5.41, 5.74) is 3.91. The Hall–Kier alpha value is -3.38. The molecule has 0 saturated carbocycles. The third kappa shape index (κ3) is 5.52. The van der Waals surface area contributed by atoms with E-state index in [4.69, 9.17) is 20.9 Å². The van der Waals surface area contributed by atoms with Crippen LogP contribution in [-0.4, -0.2) is 29.4 Å². The Bertz CT molecular complexity index is 1140. The lowest BCUT2D eigenvalue weighted by Crippen LogP contribution is -2.29. The smallest absolute Gasteiger partial charge is 0.284 e. The van der Waals surface area contributed by atoms with Gasteiger partial charge < -0.3 is 9.25 Å². The van der Waals surface area contributed by atoms with Crippen LogP contribution in [0.1, 0.15) is 55.7 Å². The zero-order valence-corrected chi connectivity index (χ0v) is 19.6. The van der Waals surface area contributed by atoms with Crippen molar-refractivity contribution in [3.8, 4) is 0 Å². The van der Waals surface area contributed by atoms with Crippen LogP contribution >= 0.6 is 11.6 Å². The molecule has 170 valence electrons. The Labute approximate surface area is 198 Å². The highest BCUT2D eigenvalue weighted by molar-refractivity contribution is 6.30. The summed E-state index contributed by atoms with van der Waals surface area (Å²) in [6.45, 7) is 6.27. The van der Waals surface area contributed by atoms with Gasteiger partial charge in [-0.15, -0.1) is 0 Å². The first-order valence-corrected chi connectivity index (χ1v) is 11.1. The lowest BCUT2D eigenvalue weighted by molar-refractivity contribution is -0.138. The molecule has 3 aromatic rings. The number of rotatable bonds is 6. The normalized spacial score (nSPS) is 16.3. The molecule has 0 radical (unpaired) electrons. The van der Waals surface area contributed by atoms with Gasteiger partial charge >= 0.3 is 0 Å². The Morgan fingerprint density at radius 3 is 2.55 bits per heavy atom. The molecule has 0 saturated heterocycles. The number of halogens is 1. The van der Waals surface area contributed by atoms with Crippen LogP contribution in [0.4, 0.5) is 0 Å². The Kier molecular flexibility index (Phi) is 6.65. The van der Waals surface area contributed by atoms with Crippen LogP contribution < -0.4 is 0 Å². The van der Waals surface area contributed by atoms with E-state index >= 15 is 0 Å². The molecule has 0 fully saturated rings. The van der Waals surface area contributed by atoms with Crippen molar-refractivity contribution in [2.45, 2.75) is 38.6 Å². The minimum atomic E-state index is -0.337. The number of benzene rings is 2. The first kappa shape index (κ1) is 22.8. The largest absolute Gasteiger partial charge is 0.467 e. The molecule has 4 rings (SSSR count). The molecule has 0 unspecified atom stereocenters. The molecule has 1 aromatic heterocycles. The summed E-state index contributed by atoms with van der Waals surface area (Å²) in [7, 11) is 0. The van der Waals surface area contributed by atoms with Crippen LogP contribution in [0.3, 0.4) is 0 Å². The van der Waals surface area contributed by atoms with E-state index in [1.807, 2.05) is 30.3 Å². The minimum Gasteiger partial charge on any atom is -0.467 e. The third-order valence-electron chi connectivity index (χ3n) is 5.46. The predicted molar refractivity (Wildman–Crippen MR) is 130 cm³/mol. The Morgan fingerprint density at radius 1 is 1.18 bits per heavy atom. The summed E-state index contributed by atoms with van der Waals surface area (Å²) in [6, 6.07) is 18.8. The highest BCUT2D eigenvalue weighted by Gasteiger charge is 2.35. The van der Waals surface area contributed by atoms with E-state index in [2.05, 4.69) is 43.2 Å². The second-order valence-corrected chi connectivity index (χ2v) is 9.34. The molecular formula is C26H26ClN3O3. The summed E-state index contributed by atoms with van der Waals surface area (Å²) in [5.74, 6) is 0.360. The SMILES string of the molecule is CC(C)(C)c1ccc(/C=N\OCC(=O)N2N=C(c3ccc(Cl)cc3)C[C@@H]2c2ccco2)cc1. The maximum absolute atomic E-state index is 12.9. The highest BCUT2D eigenvalue weighted by atomic mass is 35.5. The first-order valence-electron chi connectivity index (χ1n) is 10.8. The second-order valence-electron chi connectivity index (χ2n) is 8.91. The van der Waals surface area contributed by atoms with Crippen LogP contribution in [0.25, 0.3) is 0 Å². The van der Waals surface area contributed by atoms with Crippen molar-refractivity contribution in [3.63, 3.8) is 0 Å². The molecule has 1 aliphatic rings. The van der Waals surface area contributed by atoms with E-state index in [0.29, 0.717) is 17.2 Å². The minimum absolute atomic E-state index is 0.0875. The number of amides is 1. The van der Waals surface area contributed by atoms with Gasteiger partial charge in [0.2, 0.25) is 0 Å². The summed E-state index contributed by atoms with van der Waals surface area (Å²) < 4.78 is 5.56. The van der Waals surface area contributed by atoms with Crippen molar-refractivity contribution < 1.29 is 14.0 Å². The number of carbonyl (C=O) groups excluding carboxylic acids is 1. The number of oxime groups is 1. The molecule has 33 heavy (non-hydrogen) atoms. The lowest BCUT2D eigenvalue weighted by atomic mass is 9.87. The van der Waals surface area contributed by atoms with Gasteiger partial charge in [0.25, 0.3) is 5.91 Å². The molecule has 1 amide bonds. The van der Waals surface area contributed by atoms with Crippen molar-refractivity contribution in [2.24, 2.45) is 10.3 Å². The van der Waals surface area contributed by atoms with Crippen molar-refractivity contribution >= 4 is 29.4 Å². The van der Waals surface area contributed by atoms with Crippen LogP contribution in [-0.2, 0) is 15.0 Å². The quantitative estimate of drug-likeness (QED) is 0.334. The van der Waals surface area contributed by atoms with Gasteiger partial charge in [0.1, 0.15) is 11.8 Å². The second kappa shape index (κ2) is 9.63. The lowest BCUT2D eigenvalue weighted by Gasteiger charge is -2.19. The fourth-order valence-corrected chi connectivity index (χ4v) is 3.71. The predicted octanol–water partition coefficient (Wildman–Crippen LogP) is 5.96. The van der Waals surface area contributed by atoms with Crippen LogP contribution in [0.15, 0.2) is 81.6 Å². The van der Waals surface area contributed by atoms with Gasteiger partial charge in [-0.3, -0.25) is 4.79 Å². The molecule has 2 aromatic carbocycles. The van der Waals surface area contributed by atoms with Gasteiger partial charge in [-0.2, -0.15) is 5.10 Å². The molecule has 7 heteroatoms. The summed E-state index contributed by atoms with van der Waals surface area (Å²) in [4.78, 5) is 18.2. The topological polar surface area (TPSA) is 67.4 Å². The first-order chi connectivity index (χ1) is 15.8. The third-order valence-corrected chi connectivity index (χ3v) is 5.71. The summed E-state index contributed by atoms with van der Waals surface area (Å²) in [6.07, 6.45) is 3.71. The van der Waals surface area contributed by atoms with Crippen LogP contribution in [0.2, 0.25) is 5.02 Å². The number of furan rings is 1. The van der Waals surface area contributed by atoms with Crippen LogP contribution in [0.5, 0.6) is 0 Å². The van der Waals surface area contributed by atoms with E-state index in [9.17, 15) is 4.79 Å². The van der Waals surface area contributed by atoms with Gasteiger partial charge in [0, 0.05) is 11.4 Å². The highest BCUT2D eigenvalue weighted by Crippen LogP contribution is 2.33. The standard InChI is InChI=1S/C26H26ClN3O3/c1-26(2,3)20-10-6-18(7-11-20)16-28-33-17-25(31)30-23(24-5-4-14-32-24)15-22(29-30)19-8-12-21(27)13-9-19/h4-14,16,23H,15,17H2,1-3H3/b28-16-/t23-/m1/s1. The average Bonchev–Trinajstić information content (AvgIpc) is 3.47. The maximum atomic E-state index is 12.9. The zero-order valence-electron chi connectivity index (χ0n) is 18.9. The molecule has 0 spiro atoms. The van der Waals surface area contributed by atoms with Gasteiger partial charge in [-0.05, 0) is 46.4 Å². The van der Waals surface area contributed by atoms with Gasteiger partial charge in [-0.1, -0.05) is 73.9 Å². The fraction of sp³-hybridized carbons (Fsp3) is 0.269. The number of carbonyl (C=O) groups is 1. The zero-order chi connectivity index (χ0) is 23.4. The van der Waals surface area contributed by atoms with Crippen molar-refractivity contribution in [2.75, 3.05) is 6.61 Å². The van der Waals surface area contributed by atoms with Crippen LogP contribution in [0, 0.1) is 0 Å². The monoisotopic (exact) mass is 463 g/mol. The molecule has 0 N–H and O–H groups in total. The molecule has 0 bridgehead atoms. The van der Waals surface area contributed by atoms with Gasteiger partial charge in [0.15, 0.2) is 6.61 Å². The van der Waals surface area contributed by atoms with Gasteiger partial charge in [-0.25, -0.2) is 5.01 Å². The van der Waals surface area contributed by atoms with Crippen molar-refractivity contribution in [1.29, 1.82) is 0 Å². The molecule has 1 atom stereocenters. The Morgan fingerprint density at radius 2 is 1.91 bits per heavy atom. The molecule has 6 nitrogen and oxygen atoms in total. The summed E-state index contributed by atoms with van der Waals surface area (Å²) >= 11 is 6.00. The molecular weight excluding hydrogens is 438 g/mol. The van der Waals surface area contributed by atoms with E-state index in [1.54, 1.807) is 30.7 Å². The number of hydrazone groups is 1. The van der Waals surface area contributed by atoms with E-state index in [1.165, 1.54) is 10.6 Å². The van der Waals surface area contributed by atoms with Crippen molar-refractivity contribution in [1.82, 2.24) is 5.01 Å². The molecule has 1 aliphatic heterocycles. The maximum Gasteiger partial charge on any atom is 0.284 e. The number of hydrogen-bond donors (Lipinski definition) is 0. The molecule has 2 heterocycles. The Balaban J connectivity index is 1.42. The summed E-state index contributed by atoms with van der Waals surface area (Å²) in [5, 5.41) is 10.6.